The summed E-state index contributed by atoms with van der Waals surface area (Å²) >= 11 is 5.05. The molecule has 0 spiro atoms. The summed E-state index contributed by atoms with van der Waals surface area (Å²) < 4.78 is 0. The first-order chi connectivity index (χ1) is 8.94. The molecule has 2 heterocycles. The molecule has 2 fully saturated rings. The van der Waals surface area contributed by atoms with E-state index in [1.165, 1.54) is 31.2 Å². The molecule has 3 rings (SSSR count). The van der Waals surface area contributed by atoms with Crippen molar-refractivity contribution >= 4 is 24.2 Å². The van der Waals surface area contributed by atoms with E-state index in [1.807, 2.05) is 0 Å². The molecule has 104 valence electrons. The van der Waals surface area contributed by atoms with Crippen molar-refractivity contribution in [3.05, 3.63) is 34.4 Å². The van der Waals surface area contributed by atoms with Crippen LogP contribution in [0.15, 0.2) is 12.1 Å². The Bertz CT molecular complexity index is 509. The van der Waals surface area contributed by atoms with Gasteiger partial charge in [-0.1, -0.05) is 0 Å². The Morgan fingerprint density at radius 1 is 1.05 bits per heavy atom. The van der Waals surface area contributed by atoms with Crippen LogP contribution in [0.2, 0.25) is 0 Å². The predicted molar refractivity (Wildman–Crippen MR) is 88.3 cm³/mol. The molecule has 2 bridgehead atoms. The Morgan fingerprint density at radius 2 is 1.47 bits per heavy atom. The molecule has 1 nitrogen and oxygen atoms in total. The van der Waals surface area contributed by atoms with Crippen molar-refractivity contribution < 1.29 is 4.79 Å². The molecule has 0 radical (unpaired) electrons. The van der Waals surface area contributed by atoms with E-state index < -0.39 is 6.46 Å². The van der Waals surface area contributed by atoms with Gasteiger partial charge in [0.05, 0.1) is 0 Å². The molecule has 0 aliphatic carbocycles. The molecule has 0 saturated carbocycles. The van der Waals surface area contributed by atoms with Gasteiger partial charge in [0, 0.05) is 0 Å². The van der Waals surface area contributed by atoms with Crippen LogP contribution >= 0.6 is 18.7 Å². The molecular weight excluding hydrogens is 271 g/mol. The van der Waals surface area contributed by atoms with Crippen LogP contribution in [0.1, 0.15) is 52.7 Å². The Morgan fingerprint density at radius 3 is 1.89 bits per heavy atom. The van der Waals surface area contributed by atoms with Crippen LogP contribution in [0.25, 0.3) is 0 Å². The molecule has 3 heteroatoms. The summed E-state index contributed by atoms with van der Waals surface area (Å²) in [4.78, 5) is 13.2. The van der Waals surface area contributed by atoms with Gasteiger partial charge in [0.2, 0.25) is 0 Å². The minimum atomic E-state index is -2.05. The maximum atomic E-state index is 13.2. The average Bonchev–Trinajstić information content (AvgIpc) is 2.82. The molecule has 2 saturated heterocycles. The molecule has 19 heavy (non-hydrogen) atoms. The summed E-state index contributed by atoms with van der Waals surface area (Å²) in [6.07, 6.45) is 4.98. The van der Waals surface area contributed by atoms with E-state index in [4.69, 9.17) is 12.2 Å². The molecule has 0 atom stereocenters. The fourth-order valence-corrected chi connectivity index (χ4v) is 10.9. The third kappa shape index (κ3) is 1.91. The third-order valence-electron chi connectivity index (χ3n) is 5.24. The van der Waals surface area contributed by atoms with Crippen molar-refractivity contribution in [1.29, 1.82) is 0 Å². The van der Waals surface area contributed by atoms with Gasteiger partial charge in [0.1, 0.15) is 0 Å². The Balaban J connectivity index is 2.06. The molecular formula is C16H23OPS. The number of hydrogen-bond acceptors (Lipinski definition) is 2. The van der Waals surface area contributed by atoms with Crippen LogP contribution in [-0.2, 0) is 0 Å². The molecule has 0 N–H and O–H groups in total. The average molecular weight is 294 g/mol. The van der Waals surface area contributed by atoms with E-state index >= 15 is 0 Å². The maximum absolute atomic E-state index is 13.2. The quantitative estimate of drug-likeness (QED) is 0.619. The fraction of sp³-hybridized carbons (Fsp3) is 0.562. The van der Waals surface area contributed by atoms with Crippen molar-refractivity contribution in [2.24, 2.45) is 0 Å². The van der Waals surface area contributed by atoms with Crippen molar-refractivity contribution in [2.45, 2.75) is 57.8 Å². The SMILES string of the molecule is Cc1cc(C)c(C(=O)[PH]2(S)C3CCC2CC3)c(C)c1. The molecule has 0 unspecified atom stereocenters. The summed E-state index contributed by atoms with van der Waals surface area (Å²) in [5, 5.41) is 0. The molecule has 1 aromatic carbocycles. The van der Waals surface area contributed by atoms with Gasteiger partial charge < -0.3 is 0 Å². The summed E-state index contributed by atoms with van der Waals surface area (Å²) in [6.45, 7) is 4.21. The van der Waals surface area contributed by atoms with Gasteiger partial charge in [-0.25, -0.2) is 0 Å². The number of thiol groups is 1. The summed E-state index contributed by atoms with van der Waals surface area (Å²) in [5.41, 5.74) is 6.23. The first-order valence-electron chi connectivity index (χ1n) is 7.29. The first-order valence-corrected chi connectivity index (χ1v) is 10.7. The summed E-state index contributed by atoms with van der Waals surface area (Å²) in [6, 6.07) is 4.28. The van der Waals surface area contributed by atoms with E-state index in [1.54, 1.807) is 0 Å². The zero-order valence-corrected chi connectivity index (χ0v) is 13.9. The van der Waals surface area contributed by atoms with Crippen molar-refractivity contribution in [2.75, 3.05) is 0 Å². The van der Waals surface area contributed by atoms with E-state index in [0.29, 0.717) is 16.8 Å². The van der Waals surface area contributed by atoms with E-state index in [0.717, 1.165) is 16.7 Å². The number of fused-ring (bicyclic) bond motifs is 2. The number of rotatable bonds is 2. The van der Waals surface area contributed by atoms with Crippen molar-refractivity contribution in [3.8, 4) is 0 Å². The van der Waals surface area contributed by atoms with Gasteiger partial charge in [-0.15, -0.1) is 0 Å². The summed E-state index contributed by atoms with van der Waals surface area (Å²) in [5.74, 6) is 0. The van der Waals surface area contributed by atoms with Gasteiger partial charge in [-0.2, -0.15) is 0 Å². The normalized spacial score (nSPS) is 29.5. The number of hydrogen-bond donors (Lipinski definition) is 1. The van der Waals surface area contributed by atoms with Crippen LogP contribution in [0, 0.1) is 20.8 Å². The van der Waals surface area contributed by atoms with Crippen LogP contribution in [0.3, 0.4) is 0 Å². The third-order valence-corrected chi connectivity index (χ3v) is 12.7. The van der Waals surface area contributed by atoms with E-state index in [9.17, 15) is 4.79 Å². The van der Waals surface area contributed by atoms with Crippen LogP contribution in [0.4, 0.5) is 0 Å². The second kappa shape index (κ2) is 4.60. The topological polar surface area (TPSA) is 17.1 Å². The minimum absolute atomic E-state index is 0.427. The zero-order valence-electron chi connectivity index (χ0n) is 12.0. The standard InChI is InChI=1S/C16H23OPS/c1-10-8-11(2)15(12(3)9-10)16(17)18(19)13-4-5-14(18)7-6-13/h8-9,13-14,18-19H,4-7H2,1-3H3. The predicted octanol–water partition coefficient (Wildman–Crippen LogP) is 4.67. The monoisotopic (exact) mass is 294 g/mol. The second-order valence-electron chi connectivity index (χ2n) is 6.48. The zero-order chi connectivity index (χ0) is 13.8. The Hall–Kier alpha value is -0.330. The fourth-order valence-electron chi connectivity index (χ4n) is 4.42. The molecule has 1 aromatic rings. The van der Waals surface area contributed by atoms with Crippen LogP contribution in [-0.4, -0.2) is 16.8 Å². The summed E-state index contributed by atoms with van der Waals surface area (Å²) in [7, 11) is 0. The Kier molecular flexibility index (Phi) is 3.30. The molecule has 0 amide bonds. The Labute approximate surface area is 121 Å². The van der Waals surface area contributed by atoms with Crippen molar-refractivity contribution in [1.82, 2.24) is 0 Å². The van der Waals surface area contributed by atoms with Gasteiger partial charge in [-0.3, -0.25) is 0 Å². The van der Waals surface area contributed by atoms with Crippen LogP contribution in [0.5, 0.6) is 0 Å². The second-order valence-corrected chi connectivity index (χ2v) is 12.4. The molecule has 0 aromatic heterocycles. The van der Waals surface area contributed by atoms with E-state index in [-0.39, 0.29) is 0 Å². The number of benzene rings is 1. The van der Waals surface area contributed by atoms with Gasteiger partial charge in [0.25, 0.3) is 0 Å². The first kappa shape index (κ1) is 13.6. The number of carbonyl (C=O) groups excluding carboxylic acids is 1. The molecule has 2 aliphatic rings. The van der Waals surface area contributed by atoms with E-state index in [2.05, 4.69) is 32.9 Å². The van der Waals surface area contributed by atoms with Gasteiger partial charge in [0.15, 0.2) is 0 Å². The molecule has 2 aliphatic heterocycles. The van der Waals surface area contributed by atoms with Crippen LogP contribution < -0.4 is 0 Å². The van der Waals surface area contributed by atoms with Crippen molar-refractivity contribution in [3.63, 3.8) is 0 Å². The number of aryl methyl sites for hydroxylation is 3. The number of carbonyl (C=O) groups is 1. The van der Waals surface area contributed by atoms with Gasteiger partial charge in [-0.05, 0) is 0 Å². The van der Waals surface area contributed by atoms with Gasteiger partial charge >= 0.3 is 121 Å².